The molecule has 17 heavy (non-hydrogen) atoms. The van der Waals surface area contributed by atoms with Crippen LogP contribution in [0.5, 0.6) is 0 Å². The van der Waals surface area contributed by atoms with Gasteiger partial charge in [-0.25, -0.2) is 0 Å². The van der Waals surface area contributed by atoms with Gasteiger partial charge in [-0.1, -0.05) is 13.8 Å². The number of carbonyl (C=O) groups excluding carboxylic acids is 2. The monoisotopic (exact) mass is 239 g/mol. The molecule has 0 bridgehead atoms. The molecule has 0 radical (unpaired) electrons. The number of hydrogen-bond donors (Lipinski definition) is 1. The Morgan fingerprint density at radius 2 is 2.06 bits per heavy atom. The first-order valence-corrected chi connectivity index (χ1v) is 5.70. The molecule has 0 saturated heterocycles. The number of amides is 2. The minimum Gasteiger partial charge on any atom is -0.359 e. The summed E-state index contributed by atoms with van der Waals surface area (Å²) < 4.78 is 0. The number of nitriles is 1. The zero-order valence-corrected chi connectivity index (χ0v) is 11.2. The van der Waals surface area contributed by atoms with Crippen LogP contribution in [0.15, 0.2) is 0 Å². The Kier molecular flexibility index (Phi) is 5.66. The first-order chi connectivity index (χ1) is 7.82. The molecule has 2 unspecified atom stereocenters. The molecule has 0 aromatic rings. The Morgan fingerprint density at radius 1 is 1.53 bits per heavy atom. The Morgan fingerprint density at radius 3 is 2.41 bits per heavy atom. The Balaban J connectivity index is 4.63. The van der Waals surface area contributed by atoms with Gasteiger partial charge in [0, 0.05) is 20.6 Å². The zero-order chi connectivity index (χ0) is 13.6. The summed E-state index contributed by atoms with van der Waals surface area (Å²) >= 11 is 0. The number of carbonyl (C=O) groups is 2. The van der Waals surface area contributed by atoms with E-state index in [-0.39, 0.29) is 17.7 Å². The molecule has 2 amide bonds. The van der Waals surface area contributed by atoms with Gasteiger partial charge in [0.25, 0.3) is 0 Å². The summed E-state index contributed by atoms with van der Waals surface area (Å²) in [4.78, 5) is 24.8. The van der Waals surface area contributed by atoms with Crippen LogP contribution in [0.25, 0.3) is 0 Å². The fourth-order valence-corrected chi connectivity index (χ4v) is 1.52. The fraction of sp³-hybridized carbons (Fsp3) is 0.750. The van der Waals surface area contributed by atoms with E-state index >= 15 is 0 Å². The van der Waals surface area contributed by atoms with Gasteiger partial charge in [-0.15, -0.1) is 0 Å². The number of rotatable bonds is 5. The molecule has 0 saturated carbocycles. The highest BCUT2D eigenvalue weighted by Crippen LogP contribution is 2.22. The van der Waals surface area contributed by atoms with E-state index < -0.39 is 5.41 Å². The third-order valence-electron chi connectivity index (χ3n) is 3.01. The van der Waals surface area contributed by atoms with Crippen molar-refractivity contribution in [2.24, 2.45) is 11.3 Å². The summed E-state index contributed by atoms with van der Waals surface area (Å²) in [6.07, 6.45) is 0.459. The van der Waals surface area contributed by atoms with E-state index in [1.807, 2.05) is 6.07 Å². The Labute approximate surface area is 103 Å². The van der Waals surface area contributed by atoms with Gasteiger partial charge in [0.1, 0.15) is 5.41 Å². The SMILES string of the molecule is CCC(C)(C#N)C(=O)N(C)CC(C)C(=O)NC. The number of nitrogens with zero attached hydrogens (tertiary/aromatic N) is 2. The maximum atomic E-state index is 12.0. The molecule has 2 atom stereocenters. The minimum absolute atomic E-state index is 0.111. The topological polar surface area (TPSA) is 73.2 Å². The first-order valence-electron chi connectivity index (χ1n) is 5.70. The van der Waals surface area contributed by atoms with Crippen molar-refractivity contribution in [1.82, 2.24) is 10.2 Å². The van der Waals surface area contributed by atoms with Gasteiger partial charge in [0.05, 0.1) is 12.0 Å². The number of nitrogens with one attached hydrogen (secondary N) is 1. The van der Waals surface area contributed by atoms with E-state index in [9.17, 15) is 9.59 Å². The molecule has 96 valence electrons. The molecular formula is C12H21N3O2. The van der Waals surface area contributed by atoms with Crippen molar-refractivity contribution in [2.45, 2.75) is 27.2 Å². The quantitative estimate of drug-likeness (QED) is 0.770. The van der Waals surface area contributed by atoms with Crippen molar-refractivity contribution in [3.8, 4) is 6.07 Å². The van der Waals surface area contributed by atoms with E-state index in [2.05, 4.69) is 5.32 Å². The molecule has 0 fully saturated rings. The third-order valence-corrected chi connectivity index (χ3v) is 3.01. The van der Waals surface area contributed by atoms with Crippen LogP contribution in [0, 0.1) is 22.7 Å². The second-order valence-corrected chi connectivity index (χ2v) is 4.50. The van der Waals surface area contributed by atoms with Gasteiger partial charge in [0.2, 0.25) is 11.8 Å². The second kappa shape index (κ2) is 6.24. The van der Waals surface area contributed by atoms with Crippen molar-refractivity contribution in [3.63, 3.8) is 0 Å². The van der Waals surface area contributed by atoms with Crippen molar-refractivity contribution < 1.29 is 9.59 Å². The summed E-state index contributed by atoms with van der Waals surface area (Å²) in [7, 11) is 3.18. The summed E-state index contributed by atoms with van der Waals surface area (Å²) in [5, 5.41) is 11.6. The molecule has 0 aliphatic carbocycles. The highest BCUT2D eigenvalue weighted by atomic mass is 16.2. The lowest BCUT2D eigenvalue weighted by Crippen LogP contribution is -2.43. The van der Waals surface area contributed by atoms with E-state index in [4.69, 9.17) is 5.26 Å². The lowest BCUT2D eigenvalue weighted by molar-refractivity contribution is -0.138. The molecule has 0 heterocycles. The van der Waals surface area contributed by atoms with Crippen LogP contribution in [-0.4, -0.2) is 37.4 Å². The largest absolute Gasteiger partial charge is 0.359 e. The molecule has 0 aromatic heterocycles. The Hall–Kier alpha value is -1.57. The van der Waals surface area contributed by atoms with Crippen LogP contribution in [0.4, 0.5) is 0 Å². The van der Waals surface area contributed by atoms with Crippen LogP contribution in [0.3, 0.4) is 0 Å². The zero-order valence-electron chi connectivity index (χ0n) is 11.2. The molecule has 1 N–H and O–H groups in total. The average molecular weight is 239 g/mol. The van der Waals surface area contributed by atoms with Gasteiger partial charge in [0.15, 0.2) is 0 Å². The van der Waals surface area contributed by atoms with Crippen molar-refractivity contribution in [3.05, 3.63) is 0 Å². The molecule has 0 aromatic carbocycles. The summed E-state index contributed by atoms with van der Waals surface area (Å²) in [5.41, 5.74) is -1.00. The summed E-state index contributed by atoms with van der Waals surface area (Å²) in [5.74, 6) is -0.633. The second-order valence-electron chi connectivity index (χ2n) is 4.50. The van der Waals surface area contributed by atoms with E-state index in [0.29, 0.717) is 13.0 Å². The van der Waals surface area contributed by atoms with Crippen LogP contribution in [0.2, 0.25) is 0 Å². The molecule has 0 aliphatic rings. The van der Waals surface area contributed by atoms with Crippen LogP contribution in [0.1, 0.15) is 27.2 Å². The molecular weight excluding hydrogens is 218 g/mol. The van der Waals surface area contributed by atoms with Gasteiger partial charge in [-0.05, 0) is 13.3 Å². The van der Waals surface area contributed by atoms with E-state index in [1.165, 1.54) is 4.90 Å². The van der Waals surface area contributed by atoms with Crippen molar-refractivity contribution >= 4 is 11.8 Å². The van der Waals surface area contributed by atoms with Crippen LogP contribution < -0.4 is 5.32 Å². The summed E-state index contributed by atoms with van der Waals surface area (Å²) in [6, 6.07) is 2.03. The highest BCUT2D eigenvalue weighted by molar-refractivity contribution is 5.85. The van der Waals surface area contributed by atoms with Crippen molar-refractivity contribution in [1.29, 1.82) is 5.26 Å². The standard InChI is InChI=1S/C12H21N3O2/c1-6-12(3,8-13)11(17)15(5)7-9(2)10(16)14-4/h9H,6-7H2,1-5H3,(H,14,16). The maximum Gasteiger partial charge on any atom is 0.242 e. The lowest BCUT2D eigenvalue weighted by atomic mass is 9.87. The van der Waals surface area contributed by atoms with Gasteiger partial charge in [-0.3, -0.25) is 9.59 Å². The minimum atomic E-state index is -1.00. The molecule has 5 nitrogen and oxygen atoms in total. The van der Waals surface area contributed by atoms with Gasteiger partial charge in [-0.2, -0.15) is 5.26 Å². The number of hydrogen-bond acceptors (Lipinski definition) is 3. The maximum absolute atomic E-state index is 12.0. The highest BCUT2D eigenvalue weighted by Gasteiger charge is 2.34. The predicted octanol–water partition coefficient (Wildman–Crippen LogP) is 0.767. The summed E-state index contributed by atoms with van der Waals surface area (Å²) in [6.45, 7) is 5.49. The van der Waals surface area contributed by atoms with E-state index in [1.54, 1.807) is 34.9 Å². The van der Waals surface area contributed by atoms with Crippen LogP contribution >= 0.6 is 0 Å². The van der Waals surface area contributed by atoms with E-state index in [0.717, 1.165) is 0 Å². The lowest BCUT2D eigenvalue weighted by Gasteiger charge is -2.27. The van der Waals surface area contributed by atoms with Crippen LogP contribution in [-0.2, 0) is 9.59 Å². The average Bonchev–Trinajstić information content (AvgIpc) is 2.35. The van der Waals surface area contributed by atoms with Gasteiger partial charge >= 0.3 is 0 Å². The predicted molar refractivity (Wildman–Crippen MR) is 64.9 cm³/mol. The smallest absolute Gasteiger partial charge is 0.242 e. The molecule has 0 aliphatic heterocycles. The third kappa shape index (κ3) is 3.74. The molecule has 0 rings (SSSR count). The molecule has 5 heteroatoms. The Bertz CT molecular complexity index is 335. The fourth-order valence-electron chi connectivity index (χ4n) is 1.52. The normalized spacial score (nSPS) is 15.3. The molecule has 0 spiro atoms. The van der Waals surface area contributed by atoms with Crippen molar-refractivity contribution in [2.75, 3.05) is 20.6 Å². The van der Waals surface area contributed by atoms with Gasteiger partial charge < -0.3 is 10.2 Å². The first kappa shape index (κ1) is 15.4.